The molecule has 0 aliphatic carbocycles. The molecule has 0 saturated carbocycles. The van der Waals surface area contributed by atoms with Crippen LogP contribution in [0.1, 0.15) is 12.8 Å². The zero-order valence-electron chi connectivity index (χ0n) is 18.9. The van der Waals surface area contributed by atoms with Gasteiger partial charge in [-0.1, -0.05) is 12.1 Å². The first-order valence-corrected chi connectivity index (χ1v) is 13.5. The highest BCUT2D eigenvalue weighted by molar-refractivity contribution is 9.10. The van der Waals surface area contributed by atoms with E-state index in [0.29, 0.717) is 46.7 Å². The van der Waals surface area contributed by atoms with Crippen LogP contribution in [-0.4, -0.2) is 52.1 Å². The number of para-hydroxylation sites is 1. The minimum Gasteiger partial charge on any atom is -0.507 e. The predicted molar refractivity (Wildman–Crippen MR) is 134 cm³/mol. The van der Waals surface area contributed by atoms with Crippen LogP contribution in [0.2, 0.25) is 0 Å². The monoisotopic (exact) mass is 577 g/mol. The van der Waals surface area contributed by atoms with Gasteiger partial charge in [0.25, 0.3) is 0 Å². The van der Waals surface area contributed by atoms with Crippen LogP contribution in [0.5, 0.6) is 5.75 Å². The van der Waals surface area contributed by atoms with E-state index in [1.54, 1.807) is 35.0 Å². The third-order valence-electron chi connectivity index (χ3n) is 6.19. The Bertz CT molecular complexity index is 1550. The Morgan fingerprint density at radius 1 is 1.14 bits per heavy atom. The van der Waals surface area contributed by atoms with Gasteiger partial charge in [0.15, 0.2) is 17.3 Å². The molecule has 0 radical (unpaired) electrons. The average Bonchev–Trinajstić information content (AvgIpc) is 3.25. The lowest BCUT2D eigenvalue weighted by Gasteiger charge is -2.32. The molecule has 0 spiro atoms. The standard InChI is InChI=1S/C24H22BrF2N5O3S/c25-18-13-29-32-23(11-21(30-24(18)32)17-5-1-2-6-22(17)33)28-12-15-4-3-9-31(14-15)36(34,35)16-7-8-19(26)20(27)10-16/h1-2,5-8,10-11,13,15,28,33H,3-4,9,12,14H2. The van der Waals surface area contributed by atoms with Gasteiger partial charge in [0.2, 0.25) is 10.0 Å². The lowest BCUT2D eigenvalue weighted by atomic mass is 10.00. The van der Waals surface area contributed by atoms with E-state index in [-0.39, 0.29) is 23.1 Å². The fraction of sp³-hybridized carbons (Fsp3) is 0.250. The summed E-state index contributed by atoms with van der Waals surface area (Å²) >= 11 is 3.46. The number of fused-ring (bicyclic) bond motifs is 1. The molecule has 36 heavy (non-hydrogen) atoms. The van der Waals surface area contributed by atoms with E-state index in [4.69, 9.17) is 0 Å². The number of hydrogen-bond acceptors (Lipinski definition) is 6. The van der Waals surface area contributed by atoms with Gasteiger partial charge >= 0.3 is 0 Å². The van der Waals surface area contributed by atoms with Gasteiger partial charge in [0, 0.05) is 31.3 Å². The third kappa shape index (κ3) is 4.67. The Labute approximate surface area is 214 Å². The van der Waals surface area contributed by atoms with Crippen molar-refractivity contribution in [2.45, 2.75) is 17.7 Å². The molecule has 1 atom stereocenters. The number of halogens is 3. The topological polar surface area (TPSA) is 99.8 Å². The number of sulfonamides is 1. The normalized spacial score (nSPS) is 16.9. The first-order chi connectivity index (χ1) is 17.2. The van der Waals surface area contributed by atoms with Gasteiger partial charge < -0.3 is 10.4 Å². The Hall–Kier alpha value is -3.09. The first kappa shape index (κ1) is 24.6. The first-order valence-electron chi connectivity index (χ1n) is 11.3. The van der Waals surface area contributed by atoms with Gasteiger partial charge in [-0.15, -0.1) is 0 Å². The maximum absolute atomic E-state index is 13.7. The summed E-state index contributed by atoms with van der Waals surface area (Å²) in [5.41, 5.74) is 1.68. The molecular formula is C24H22BrF2N5O3S. The van der Waals surface area contributed by atoms with Crippen molar-refractivity contribution in [2.75, 3.05) is 25.0 Å². The highest BCUT2D eigenvalue weighted by atomic mass is 79.9. The Kier molecular flexibility index (Phi) is 6.66. The Balaban J connectivity index is 1.37. The number of aromatic nitrogens is 3. The number of aromatic hydroxyl groups is 1. The number of nitrogens with zero attached hydrogens (tertiary/aromatic N) is 4. The third-order valence-corrected chi connectivity index (χ3v) is 8.61. The molecule has 5 rings (SSSR count). The van der Waals surface area contributed by atoms with Crippen LogP contribution in [0, 0.1) is 17.6 Å². The molecule has 1 fully saturated rings. The second-order valence-electron chi connectivity index (χ2n) is 8.60. The number of phenolic OH excluding ortho intramolecular Hbond substituents is 1. The van der Waals surface area contributed by atoms with Crippen LogP contribution in [-0.2, 0) is 10.0 Å². The van der Waals surface area contributed by atoms with Crippen LogP contribution < -0.4 is 5.32 Å². The fourth-order valence-electron chi connectivity index (χ4n) is 4.34. The molecule has 1 saturated heterocycles. The molecule has 1 aliphatic heterocycles. The molecule has 1 unspecified atom stereocenters. The van der Waals surface area contributed by atoms with Gasteiger partial charge in [0.05, 0.1) is 21.3 Å². The average molecular weight is 578 g/mol. The molecular weight excluding hydrogens is 556 g/mol. The number of piperidine rings is 1. The largest absolute Gasteiger partial charge is 0.507 e. The summed E-state index contributed by atoms with van der Waals surface area (Å²) in [5.74, 6) is -1.59. The lowest BCUT2D eigenvalue weighted by Crippen LogP contribution is -2.41. The summed E-state index contributed by atoms with van der Waals surface area (Å²) in [6, 6.07) is 11.3. The summed E-state index contributed by atoms with van der Waals surface area (Å²) in [6.07, 6.45) is 3.05. The van der Waals surface area contributed by atoms with Gasteiger partial charge in [-0.2, -0.15) is 13.9 Å². The van der Waals surface area contributed by atoms with Crippen molar-refractivity contribution in [3.63, 3.8) is 0 Å². The number of phenols is 1. The van der Waals surface area contributed by atoms with Crippen LogP contribution in [0.3, 0.4) is 0 Å². The second kappa shape index (κ2) is 9.75. The van der Waals surface area contributed by atoms with E-state index in [1.807, 2.05) is 6.07 Å². The van der Waals surface area contributed by atoms with E-state index in [9.17, 15) is 22.3 Å². The fourth-order valence-corrected chi connectivity index (χ4v) is 6.25. The predicted octanol–water partition coefficient (Wildman–Crippen LogP) is 4.66. The van der Waals surface area contributed by atoms with Crippen LogP contribution in [0.25, 0.3) is 16.9 Å². The Morgan fingerprint density at radius 2 is 1.94 bits per heavy atom. The minimum atomic E-state index is -3.96. The lowest BCUT2D eigenvalue weighted by molar-refractivity contribution is 0.275. The molecule has 0 bridgehead atoms. The summed E-state index contributed by atoms with van der Waals surface area (Å²) in [5, 5.41) is 18.0. The van der Waals surface area contributed by atoms with Gasteiger partial charge in [-0.3, -0.25) is 0 Å². The number of nitrogens with one attached hydrogen (secondary N) is 1. The maximum Gasteiger partial charge on any atom is 0.243 e. The van der Waals surface area contributed by atoms with E-state index in [1.165, 1.54) is 4.31 Å². The van der Waals surface area contributed by atoms with Crippen molar-refractivity contribution in [3.05, 3.63) is 70.8 Å². The number of anilines is 1. The second-order valence-corrected chi connectivity index (χ2v) is 11.4. The Morgan fingerprint density at radius 3 is 2.72 bits per heavy atom. The maximum atomic E-state index is 13.7. The van der Waals surface area contributed by atoms with Crippen molar-refractivity contribution in [1.29, 1.82) is 0 Å². The van der Waals surface area contributed by atoms with Crippen molar-refractivity contribution in [3.8, 4) is 17.0 Å². The molecule has 12 heteroatoms. The molecule has 3 heterocycles. The molecule has 188 valence electrons. The molecule has 0 amide bonds. The molecule has 2 aromatic heterocycles. The molecule has 8 nitrogen and oxygen atoms in total. The highest BCUT2D eigenvalue weighted by Crippen LogP contribution is 2.31. The van der Waals surface area contributed by atoms with E-state index in [0.717, 1.165) is 24.6 Å². The zero-order valence-corrected chi connectivity index (χ0v) is 21.3. The zero-order chi connectivity index (χ0) is 25.4. The SMILES string of the molecule is O=S(=O)(c1ccc(F)c(F)c1)N1CCCC(CNc2cc(-c3ccccc3O)nc3c(Br)cnn23)C1. The van der Waals surface area contributed by atoms with Gasteiger partial charge in [-0.05, 0) is 65.0 Å². The number of benzene rings is 2. The van der Waals surface area contributed by atoms with E-state index < -0.39 is 21.7 Å². The smallest absolute Gasteiger partial charge is 0.243 e. The van der Waals surface area contributed by atoms with E-state index >= 15 is 0 Å². The number of hydrogen-bond donors (Lipinski definition) is 2. The molecule has 1 aliphatic rings. The van der Waals surface area contributed by atoms with Crippen LogP contribution in [0.4, 0.5) is 14.6 Å². The summed E-state index contributed by atoms with van der Waals surface area (Å²) in [7, 11) is -3.96. The summed E-state index contributed by atoms with van der Waals surface area (Å²) in [6.45, 7) is 0.985. The highest BCUT2D eigenvalue weighted by Gasteiger charge is 2.31. The van der Waals surface area contributed by atoms with Gasteiger partial charge in [-0.25, -0.2) is 22.2 Å². The van der Waals surface area contributed by atoms with E-state index in [2.05, 4.69) is 31.3 Å². The molecule has 2 aromatic carbocycles. The summed E-state index contributed by atoms with van der Waals surface area (Å²) in [4.78, 5) is 4.36. The van der Waals surface area contributed by atoms with Crippen molar-refractivity contribution in [2.24, 2.45) is 5.92 Å². The van der Waals surface area contributed by atoms with Crippen molar-refractivity contribution >= 4 is 37.4 Å². The van der Waals surface area contributed by atoms with Gasteiger partial charge in [0.1, 0.15) is 11.6 Å². The molecule has 4 aromatic rings. The van der Waals surface area contributed by atoms with Crippen molar-refractivity contribution in [1.82, 2.24) is 18.9 Å². The van der Waals surface area contributed by atoms with Crippen molar-refractivity contribution < 1.29 is 22.3 Å². The summed E-state index contributed by atoms with van der Waals surface area (Å²) < 4.78 is 56.7. The van der Waals surface area contributed by atoms with Crippen LogP contribution >= 0.6 is 15.9 Å². The molecule has 2 N–H and O–H groups in total. The van der Waals surface area contributed by atoms with Crippen LogP contribution in [0.15, 0.2) is 64.1 Å². The minimum absolute atomic E-state index is 0.0328. The number of rotatable bonds is 6. The quantitative estimate of drug-likeness (QED) is 0.346.